The molecular formula is C20H19ClN4O2. The molecule has 7 heteroatoms. The zero-order valence-electron chi connectivity index (χ0n) is 14.8. The lowest BCUT2D eigenvalue weighted by Gasteiger charge is -2.11. The summed E-state index contributed by atoms with van der Waals surface area (Å²) in [5.41, 5.74) is 2.19. The number of esters is 1. The number of rotatable bonds is 7. The molecule has 0 bridgehead atoms. The van der Waals surface area contributed by atoms with Crippen molar-refractivity contribution in [2.24, 2.45) is 0 Å². The first-order chi connectivity index (χ1) is 13.2. The van der Waals surface area contributed by atoms with Crippen molar-refractivity contribution in [2.45, 2.75) is 6.42 Å². The van der Waals surface area contributed by atoms with Crippen LogP contribution in [0.1, 0.15) is 15.9 Å². The molecule has 0 spiro atoms. The van der Waals surface area contributed by atoms with Gasteiger partial charge in [0.2, 0.25) is 5.95 Å². The smallest absolute Gasteiger partial charge is 0.339 e. The number of hydrogen-bond donors (Lipinski definition) is 2. The second kappa shape index (κ2) is 9.00. The molecule has 0 aliphatic carbocycles. The Hall–Kier alpha value is -3.12. The molecule has 0 saturated heterocycles. The van der Waals surface area contributed by atoms with Crippen molar-refractivity contribution in [3.63, 3.8) is 0 Å². The van der Waals surface area contributed by atoms with E-state index in [4.69, 9.17) is 16.3 Å². The predicted octanol–water partition coefficient (Wildman–Crippen LogP) is 4.31. The fourth-order valence-corrected chi connectivity index (χ4v) is 2.76. The zero-order valence-corrected chi connectivity index (χ0v) is 15.5. The Morgan fingerprint density at radius 3 is 2.81 bits per heavy atom. The van der Waals surface area contributed by atoms with E-state index in [2.05, 4.69) is 20.6 Å². The molecule has 0 fully saturated rings. The number of methoxy groups -OCH3 is 1. The van der Waals surface area contributed by atoms with E-state index in [0.29, 0.717) is 29.6 Å². The Morgan fingerprint density at radius 1 is 1.15 bits per heavy atom. The van der Waals surface area contributed by atoms with Crippen molar-refractivity contribution in [2.75, 3.05) is 24.3 Å². The van der Waals surface area contributed by atoms with Crippen LogP contribution in [0.25, 0.3) is 0 Å². The molecule has 0 atom stereocenters. The van der Waals surface area contributed by atoms with Gasteiger partial charge in [-0.3, -0.25) is 0 Å². The third kappa shape index (κ3) is 5.18. The highest BCUT2D eigenvalue weighted by molar-refractivity contribution is 6.30. The minimum atomic E-state index is -0.410. The molecule has 2 aromatic carbocycles. The van der Waals surface area contributed by atoms with Gasteiger partial charge in [-0.25, -0.2) is 9.78 Å². The van der Waals surface area contributed by atoms with Crippen molar-refractivity contribution >= 4 is 35.0 Å². The quantitative estimate of drug-likeness (QED) is 0.593. The number of carbonyl (C=O) groups is 1. The minimum absolute atomic E-state index is 0.410. The molecule has 1 aromatic heterocycles. The largest absolute Gasteiger partial charge is 0.465 e. The lowest BCUT2D eigenvalue weighted by Crippen LogP contribution is -2.09. The number of para-hydroxylation sites is 1. The second-order valence-electron chi connectivity index (χ2n) is 5.73. The van der Waals surface area contributed by atoms with E-state index in [9.17, 15) is 4.79 Å². The number of carbonyl (C=O) groups excluding carboxylic acids is 1. The van der Waals surface area contributed by atoms with Crippen LogP contribution in [-0.4, -0.2) is 29.6 Å². The molecule has 3 aromatic rings. The number of ether oxygens (including phenoxy) is 1. The molecule has 0 radical (unpaired) electrons. The number of halogens is 1. The summed E-state index contributed by atoms with van der Waals surface area (Å²) in [4.78, 5) is 20.5. The number of benzene rings is 2. The average Bonchev–Trinajstić information content (AvgIpc) is 2.68. The van der Waals surface area contributed by atoms with Crippen LogP contribution in [0, 0.1) is 0 Å². The monoisotopic (exact) mass is 382 g/mol. The van der Waals surface area contributed by atoms with Crippen LogP contribution in [-0.2, 0) is 11.2 Å². The van der Waals surface area contributed by atoms with E-state index in [0.717, 1.165) is 17.0 Å². The van der Waals surface area contributed by atoms with E-state index in [1.807, 2.05) is 30.3 Å². The van der Waals surface area contributed by atoms with Crippen LogP contribution >= 0.6 is 11.6 Å². The van der Waals surface area contributed by atoms with Crippen LogP contribution in [0.3, 0.4) is 0 Å². The number of nitrogens with one attached hydrogen (secondary N) is 2. The number of anilines is 3. The van der Waals surface area contributed by atoms with Crippen LogP contribution in [0.5, 0.6) is 0 Å². The third-order valence-corrected chi connectivity index (χ3v) is 4.07. The van der Waals surface area contributed by atoms with Crippen LogP contribution in [0.15, 0.2) is 60.8 Å². The Bertz CT molecular complexity index is 933. The van der Waals surface area contributed by atoms with E-state index in [-0.39, 0.29) is 0 Å². The van der Waals surface area contributed by atoms with Gasteiger partial charge in [0.05, 0.1) is 18.4 Å². The first kappa shape index (κ1) is 18.7. The Balaban J connectivity index is 1.65. The molecule has 3 rings (SSSR count). The lowest BCUT2D eigenvalue weighted by molar-refractivity contribution is 0.0602. The van der Waals surface area contributed by atoms with Gasteiger partial charge in [-0.15, -0.1) is 0 Å². The summed E-state index contributed by atoms with van der Waals surface area (Å²) in [6.45, 7) is 0.669. The van der Waals surface area contributed by atoms with Crippen LogP contribution in [0.4, 0.5) is 17.5 Å². The molecule has 0 saturated carbocycles. The van der Waals surface area contributed by atoms with Gasteiger partial charge in [-0.05, 0) is 42.3 Å². The molecule has 1 heterocycles. The van der Waals surface area contributed by atoms with Gasteiger partial charge < -0.3 is 15.4 Å². The summed E-state index contributed by atoms with van der Waals surface area (Å²) < 4.78 is 4.81. The maximum absolute atomic E-state index is 11.9. The normalized spacial score (nSPS) is 10.3. The summed E-state index contributed by atoms with van der Waals surface area (Å²) in [6, 6.07) is 16.6. The van der Waals surface area contributed by atoms with Crippen LogP contribution in [0.2, 0.25) is 5.02 Å². The van der Waals surface area contributed by atoms with Crippen molar-refractivity contribution < 1.29 is 9.53 Å². The third-order valence-electron chi connectivity index (χ3n) is 3.84. The van der Waals surface area contributed by atoms with Gasteiger partial charge in [0.1, 0.15) is 5.82 Å². The molecular weight excluding hydrogens is 364 g/mol. The Labute approximate surface area is 162 Å². The summed E-state index contributed by atoms with van der Waals surface area (Å²) in [5.74, 6) is 0.663. The molecule has 0 amide bonds. The van der Waals surface area contributed by atoms with Gasteiger partial charge in [0.15, 0.2) is 0 Å². The highest BCUT2D eigenvalue weighted by Gasteiger charge is 2.11. The first-order valence-corrected chi connectivity index (χ1v) is 8.79. The van der Waals surface area contributed by atoms with Crippen molar-refractivity contribution in [3.8, 4) is 0 Å². The molecule has 0 aliphatic heterocycles. The second-order valence-corrected chi connectivity index (χ2v) is 6.17. The summed E-state index contributed by atoms with van der Waals surface area (Å²) in [5, 5.41) is 7.05. The number of hydrogen-bond acceptors (Lipinski definition) is 6. The Morgan fingerprint density at radius 2 is 2.00 bits per heavy atom. The fourth-order valence-electron chi connectivity index (χ4n) is 2.54. The average molecular weight is 383 g/mol. The van der Waals surface area contributed by atoms with E-state index >= 15 is 0 Å². The highest BCUT2D eigenvalue weighted by Crippen LogP contribution is 2.20. The summed E-state index contributed by atoms with van der Waals surface area (Å²) >= 11 is 6.00. The topological polar surface area (TPSA) is 76.1 Å². The van der Waals surface area contributed by atoms with E-state index < -0.39 is 5.97 Å². The standard InChI is InChI=1S/C20H19ClN4O2/c1-27-19(26)16-7-2-3-8-17(16)24-18-10-12-23-20(25-18)22-11-9-14-5-4-6-15(21)13-14/h2-8,10,12-13H,9,11H2,1H3,(H2,22,23,24,25). The van der Waals surface area contributed by atoms with Gasteiger partial charge in [0.25, 0.3) is 0 Å². The summed E-state index contributed by atoms with van der Waals surface area (Å²) in [6.07, 6.45) is 2.45. The van der Waals surface area contributed by atoms with E-state index in [1.54, 1.807) is 30.5 Å². The lowest BCUT2D eigenvalue weighted by atomic mass is 10.1. The van der Waals surface area contributed by atoms with Crippen molar-refractivity contribution in [1.82, 2.24) is 9.97 Å². The first-order valence-electron chi connectivity index (χ1n) is 8.41. The molecule has 138 valence electrons. The van der Waals surface area contributed by atoms with Crippen molar-refractivity contribution in [1.29, 1.82) is 0 Å². The van der Waals surface area contributed by atoms with Crippen LogP contribution < -0.4 is 10.6 Å². The minimum Gasteiger partial charge on any atom is -0.465 e. The number of nitrogens with zero attached hydrogens (tertiary/aromatic N) is 2. The molecule has 0 aliphatic rings. The maximum atomic E-state index is 11.9. The number of aromatic nitrogens is 2. The van der Waals surface area contributed by atoms with Gasteiger partial charge in [0, 0.05) is 17.8 Å². The van der Waals surface area contributed by atoms with Gasteiger partial charge in [-0.1, -0.05) is 35.9 Å². The molecule has 2 N–H and O–H groups in total. The zero-order chi connectivity index (χ0) is 19.1. The van der Waals surface area contributed by atoms with Gasteiger partial charge in [-0.2, -0.15) is 4.98 Å². The Kier molecular flexibility index (Phi) is 6.22. The SMILES string of the molecule is COC(=O)c1ccccc1Nc1ccnc(NCCc2cccc(Cl)c2)n1. The molecule has 6 nitrogen and oxygen atoms in total. The predicted molar refractivity (Wildman–Crippen MR) is 107 cm³/mol. The highest BCUT2D eigenvalue weighted by atomic mass is 35.5. The fraction of sp³-hybridized carbons (Fsp3) is 0.150. The van der Waals surface area contributed by atoms with Crippen molar-refractivity contribution in [3.05, 3.63) is 76.9 Å². The summed E-state index contributed by atoms with van der Waals surface area (Å²) in [7, 11) is 1.35. The van der Waals surface area contributed by atoms with E-state index in [1.165, 1.54) is 7.11 Å². The maximum Gasteiger partial charge on any atom is 0.339 e. The molecule has 27 heavy (non-hydrogen) atoms. The molecule has 0 unspecified atom stereocenters. The van der Waals surface area contributed by atoms with Gasteiger partial charge >= 0.3 is 5.97 Å².